The summed E-state index contributed by atoms with van der Waals surface area (Å²) in [7, 11) is 0. The van der Waals surface area contributed by atoms with Gasteiger partial charge >= 0.3 is 0 Å². The minimum absolute atomic E-state index is 0.0196. The summed E-state index contributed by atoms with van der Waals surface area (Å²) >= 11 is 3.44. The Morgan fingerprint density at radius 3 is 1.29 bits per heavy atom. The molecule has 6 atom stereocenters. The number of ketones is 3. The van der Waals surface area contributed by atoms with Crippen LogP contribution in [-0.4, -0.2) is 100 Å². The number of phenols is 3. The van der Waals surface area contributed by atoms with Crippen LogP contribution in [-0.2, 0) is 72.7 Å². The topological polar surface area (TPSA) is 218 Å². The average Bonchev–Trinajstić information content (AvgIpc) is 1.04. The van der Waals surface area contributed by atoms with Crippen molar-refractivity contribution in [3.8, 4) is 51.7 Å². The first-order chi connectivity index (χ1) is 43.5. The Morgan fingerprint density at radius 2 is 0.880 bits per heavy atom. The maximum atomic E-state index is 11.9. The first-order valence-electron chi connectivity index (χ1n) is 31.4. The second kappa shape index (κ2) is 27.7. The minimum atomic E-state index is -0.476. The predicted octanol–water partition coefficient (Wildman–Crippen LogP) is 13.6. The molecule has 6 aromatic carbocycles. The smallest absolute Gasteiger partial charge is 0.197 e. The third-order valence-corrected chi connectivity index (χ3v) is 21.4. The standard InChI is InChI=1S/C27H32O5S.C25H28O5S.C22H22O5S/c1-16-24(26(2,3)4)21(29)13-18-10-11-27(5,32-25(16)18)15-31-19-8-6-17(7-9-19)12-22-20(28)14-23(30)33-22;1-14-15(2)24-19(16(3)23(14)28)9-10-25(4,30-24)13-29-18-7-5-17(6-8-18)11-21-20(26)12-22(27)31-21;1-22(9-8-15-11-16(23)4-7-19(15)27-22)13-26-17-5-2-14(3-6-17)10-20-18(24)12-21(25)28-20/h6-9,13,22,29H,10-12,14-15H2,1-5H3;5-8,21,28H,9-13H2,1-4H3;2-7,11,20,23H,8-10,12-13H2,1H3. The fourth-order valence-corrected chi connectivity index (χ4v) is 15.6. The van der Waals surface area contributed by atoms with Crippen molar-refractivity contribution in [1.82, 2.24) is 0 Å². The van der Waals surface area contributed by atoms with E-state index in [-0.39, 0.29) is 78.9 Å². The van der Waals surface area contributed by atoms with E-state index in [9.17, 15) is 44.1 Å². The van der Waals surface area contributed by atoms with Gasteiger partial charge in [-0.25, -0.2) is 0 Å². The third kappa shape index (κ3) is 16.1. The van der Waals surface area contributed by atoms with Crippen molar-refractivity contribution in [3.63, 3.8) is 0 Å². The highest BCUT2D eigenvalue weighted by molar-refractivity contribution is 8.16. The molecule has 92 heavy (non-hydrogen) atoms. The van der Waals surface area contributed by atoms with Gasteiger partial charge in [-0.1, -0.05) is 92.5 Å². The maximum Gasteiger partial charge on any atom is 0.197 e. The molecule has 0 amide bonds. The molecule has 6 aliphatic heterocycles. The molecular formula is C74H82O15S3. The zero-order valence-corrected chi connectivity index (χ0v) is 56.5. The number of rotatable bonds is 15. The number of benzene rings is 6. The van der Waals surface area contributed by atoms with E-state index in [0.29, 0.717) is 50.6 Å². The van der Waals surface area contributed by atoms with Crippen LogP contribution < -0.4 is 28.4 Å². The van der Waals surface area contributed by atoms with E-state index < -0.39 is 16.8 Å². The van der Waals surface area contributed by atoms with E-state index in [2.05, 4.69) is 34.6 Å². The summed E-state index contributed by atoms with van der Waals surface area (Å²) in [5.41, 5.74) is 9.28. The summed E-state index contributed by atoms with van der Waals surface area (Å²) in [6.07, 6.45) is 6.73. The van der Waals surface area contributed by atoms with Gasteiger partial charge in [0.2, 0.25) is 0 Å². The Balaban J connectivity index is 0.000000152. The normalized spacial score (nSPS) is 23.2. The molecule has 486 valence electrons. The van der Waals surface area contributed by atoms with Crippen LogP contribution in [0.3, 0.4) is 0 Å². The second-order valence-corrected chi connectivity index (χ2v) is 30.7. The summed E-state index contributed by atoms with van der Waals surface area (Å²) in [5.74, 6) is 5.77. The van der Waals surface area contributed by atoms with Crippen molar-refractivity contribution < 1.29 is 72.5 Å². The van der Waals surface area contributed by atoms with Crippen LogP contribution >= 0.6 is 35.3 Å². The van der Waals surface area contributed by atoms with Crippen molar-refractivity contribution >= 4 is 68.0 Å². The van der Waals surface area contributed by atoms with Gasteiger partial charge in [0.05, 0.1) is 35.0 Å². The van der Waals surface area contributed by atoms with Crippen LogP contribution in [0.2, 0.25) is 0 Å². The van der Waals surface area contributed by atoms with Gasteiger partial charge in [-0.3, -0.25) is 28.8 Å². The summed E-state index contributed by atoms with van der Waals surface area (Å²) in [4.78, 5) is 69.8. The number of Topliss-reactive ketones (excluding diaryl/α,β-unsaturated/α-hetero) is 3. The Kier molecular flexibility index (Phi) is 20.3. The number of phenolic OH excluding ortho intramolecular Hbond substituents is 3. The van der Waals surface area contributed by atoms with Gasteiger partial charge < -0.3 is 43.7 Å². The number of hydrogen-bond donors (Lipinski definition) is 3. The zero-order chi connectivity index (χ0) is 66.0. The number of aryl methyl sites for hydroxylation is 2. The van der Waals surface area contributed by atoms with Gasteiger partial charge in [-0.15, -0.1) is 0 Å². The molecule has 3 fully saturated rings. The first-order valence-corrected chi connectivity index (χ1v) is 34.0. The summed E-state index contributed by atoms with van der Waals surface area (Å²) in [5, 5.41) is 29.6. The quantitative estimate of drug-likeness (QED) is 0.0814. The maximum absolute atomic E-state index is 11.9. The third-order valence-electron chi connectivity index (χ3n) is 18.0. The van der Waals surface area contributed by atoms with Gasteiger partial charge in [0.25, 0.3) is 0 Å². The van der Waals surface area contributed by atoms with E-state index in [0.717, 1.165) is 170 Å². The number of thioether (sulfide) groups is 3. The molecule has 6 heterocycles. The molecule has 6 unspecified atom stereocenters. The van der Waals surface area contributed by atoms with Crippen LogP contribution in [0.4, 0.5) is 0 Å². The number of aromatic hydroxyl groups is 3. The lowest BCUT2D eigenvalue weighted by molar-refractivity contribution is -0.122. The number of hydrogen-bond acceptors (Lipinski definition) is 18. The summed E-state index contributed by atoms with van der Waals surface area (Å²) < 4.78 is 37.1. The molecule has 0 bridgehead atoms. The molecule has 6 aromatic rings. The highest BCUT2D eigenvalue weighted by atomic mass is 32.2. The van der Waals surface area contributed by atoms with Gasteiger partial charge in [0.15, 0.2) is 32.7 Å². The lowest BCUT2D eigenvalue weighted by atomic mass is 9.80. The molecule has 0 aliphatic carbocycles. The number of ether oxygens (including phenoxy) is 6. The van der Waals surface area contributed by atoms with E-state index >= 15 is 0 Å². The van der Waals surface area contributed by atoms with E-state index in [1.54, 1.807) is 18.2 Å². The Bertz CT molecular complexity index is 3820. The molecule has 15 nitrogen and oxygen atoms in total. The molecule has 0 saturated carbocycles. The average molecular weight is 1310 g/mol. The van der Waals surface area contributed by atoms with Gasteiger partial charge in [-0.2, -0.15) is 0 Å². The molecule has 12 rings (SSSR count). The Hall–Kier alpha value is -7.41. The number of fused-ring (bicyclic) bond motifs is 3. The zero-order valence-electron chi connectivity index (χ0n) is 54.0. The molecule has 18 heteroatoms. The Morgan fingerprint density at radius 1 is 0.478 bits per heavy atom. The van der Waals surface area contributed by atoms with Gasteiger partial charge in [0, 0.05) is 11.1 Å². The molecular weight excluding hydrogens is 1220 g/mol. The van der Waals surface area contributed by atoms with E-state index in [4.69, 9.17) is 28.4 Å². The molecule has 0 spiro atoms. The first kappa shape index (κ1) is 67.5. The Labute approximate surface area is 551 Å². The fourth-order valence-electron chi connectivity index (χ4n) is 12.5. The number of carbonyl (C=O) groups is 6. The van der Waals surface area contributed by atoms with Crippen LogP contribution in [0.1, 0.15) is 141 Å². The molecule has 3 saturated heterocycles. The van der Waals surface area contributed by atoms with Gasteiger partial charge in [0.1, 0.15) is 88.4 Å². The lowest BCUT2D eigenvalue weighted by Gasteiger charge is -2.38. The van der Waals surface area contributed by atoms with Gasteiger partial charge in [-0.05, 0) is 222 Å². The van der Waals surface area contributed by atoms with E-state index in [1.807, 2.05) is 113 Å². The predicted molar refractivity (Wildman–Crippen MR) is 359 cm³/mol. The summed E-state index contributed by atoms with van der Waals surface area (Å²) in [6, 6.07) is 30.1. The van der Waals surface area contributed by atoms with Crippen molar-refractivity contribution in [1.29, 1.82) is 0 Å². The van der Waals surface area contributed by atoms with Crippen molar-refractivity contribution in [2.75, 3.05) is 19.8 Å². The van der Waals surface area contributed by atoms with Crippen LogP contribution in [0.15, 0.2) is 97.1 Å². The fraction of sp³-hybridized carbons (Fsp3) is 0.432. The molecule has 0 radical (unpaired) electrons. The van der Waals surface area contributed by atoms with Crippen LogP contribution in [0, 0.1) is 27.7 Å². The molecule has 6 aliphatic rings. The lowest BCUT2D eigenvalue weighted by Crippen LogP contribution is -2.42. The van der Waals surface area contributed by atoms with Crippen LogP contribution in [0.5, 0.6) is 51.7 Å². The second-order valence-electron chi connectivity index (χ2n) is 26.9. The summed E-state index contributed by atoms with van der Waals surface area (Å²) in [6.45, 7) is 21.5. The number of carbonyl (C=O) groups excluding carboxylic acids is 6. The largest absolute Gasteiger partial charge is 0.508 e. The SMILES string of the molecule is CC1(COc2ccc(CC3SC(=O)CC3=O)cc2)CCc2cc(O)ccc2O1.Cc1c(C)c2c(c(C)c1O)CCC(C)(COc1ccc(CC3SC(=O)CC3=O)cc1)O2.Cc1c2c(cc(O)c1C(C)(C)C)CCC(C)(COc1ccc(CC3SC(=O)CC3=O)cc1)O2. The van der Waals surface area contributed by atoms with Crippen molar-refractivity contribution in [2.45, 2.75) is 184 Å². The van der Waals surface area contributed by atoms with Crippen molar-refractivity contribution in [3.05, 3.63) is 158 Å². The highest BCUT2D eigenvalue weighted by Crippen LogP contribution is 2.47. The molecule has 0 aromatic heterocycles. The van der Waals surface area contributed by atoms with Crippen LogP contribution in [0.25, 0.3) is 0 Å². The van der Waals surface area contributed by atoms with E-state index in [1.165, 1.54) is 0 Å². The van der Waals surface area contributed by atoms with Crippen molar-refractivity contribution in [2.24, 2.45) is 0 Å². The monoisotopic (exact) mass is 1310 g/mol. The molecule has 3 N–H and O–H groups in total. The minimum Gasteiger partial charge on any atom is -0.508 e. The highest BCUT2D eigenvalue weighted by Gasteiger charge is 2.40.